The van der Waals surface area contributed by atoms with Crippen LogP contribution in [-0.4, -0.2) is 39.4 Å². The second-order valence-electron chi connectivity index (χ2n) is 6.27. The highest BCUT2D eigenvalue weighted by Crippen LogP contribution is 2.29. The zero-order valence-electron chi connectivity index (χ0n) is 15.4. The van der Waals surface area contributed by atoms with Crippen LogP contribution in [0.5, 0.6) is 0 Å². The number of carboxylic acids is 1. The van der Waals surface area contributed by atoms with E-state index in [1.165, 1.54) is 6.07 Å². The van der Waals surface area contributed by atoms with Gasteiger partial charge in [-0.2, -0.15) is 0 Å². The van der Waals surface area contributed by atoms with Gasteiger partial charge < -0.3 is 15.4 Å². The summed E-state index contributed by atoms with van der Waals surface area (Å²) in [7, 11) is 0. The normalized spacial score (nSPS) is 11.5. The summed E-state index contributed by atoms with van der Waals surface area (Å²) >= 11 is 11.9. The number of hydrazine groups is 1. The van der Waals surface area contributed by atoms with Gasteiger partial charge in [-0.3, -0.25) is 25.2 Å². The summed E-state index contributed by atoms with van der Waals surface area (Å²) in [5.41, 5.74) is 5.16. The van der Waals surface area contributed by atoms with Gasteiger partial charge in [-0.25, -0.2) is 4.98 Å². The smallest absolute Gasteiger partial charge is 0.303 e. The fourth-order valence-electron chi connectivity index (χ4n) is 2.62. The molecule has 2 rings (SSSR count). The number of carbonyl (C=O) groups excluding carboxylic acids is 2. The van der Waals surface area contributed by atoms with E-state index in [1.807, 2.05) is 0 Å². The number of nitrogens with one attached hydrogen (secondary N) is 4. The summed E-state index contributed by atoms with van der Waals surface area (Å²) < 4.78 is 0. The quantitative estimate of drug-likeness (QED) is 0.284. The van der Waals surface area contributed by atoms with Gasteiger partial charge in [0.15, 0.2) is 5.95 Å². The van der Waals surface area contributed by atoms with Crippen LogP contribution < -0.4 is 16.2 Å². The van der Waals surface area contributed by atoms with Crippen molar-refractivity contribution in [3.63, 3.8) is 0 Å². The summed E-state index contributed by atoms with van der Waals surface area (Å²) in [5, 5.41) is 12.8. The van der Waals surface area contributed by atoms with Crippen LogP contribution in [0.2, 0.25) is 10.0 Å². The Balaban J connectivity index is 1.78. The van der Waals surface area contributed by atoms with Crippen molar-refractivity contribution in [2.45, 2.75) is 31.6 Å². The SMILES string of the molecule is O=C(O)CC(CC(=O)NNC(=O)CCCNc1ncc[nH]1)c1cc(Cl)cc(Cl)c1. The van der Waals surface area contributed by atoms with Crippen molar-refractivity contribution in [3.05, 3.63) is 46.2 Å². The fourth-order valence-corrected chi connectivity index (χ4v) is 3.17. The van der Waals surface area contributed by atoms with Crippen LogP contribution in [0.25, 0.3) is 0 Å². The number of hydrogen-bond donors (Lipinski definition) is 5. The van der Waals surface area contributed by atoms with E-state index < -0.39 is 17.8 Å². The van der Waals surface area contributed by atoms with Gasteiger partial charge in [-0.05, 0) is 30.2 Å². The van der Waals surface area contributed by atoms with Gasteiger partial charge in [-0.15, -0.1) is 0 Å². The first-order valence-corrected chi connectivity index (χ1v) is 9.58. The molecule has 11 heteroatoms. The maximum absolute atomic E-state index is 12.2. The monoisotopic (exact) mass is 441 g/mol. The Morgan fingerprint density at radius 1 is 1.07 bits per heavy atom. The minimum Gasteiger partial charge on any atom is -0.481 e. The summed E-state index contributed by atoms with van der Waals surface area (Å²) in [6.07, 6.45) is 3.58. The average molecular weight is 442 g/mol. The number of rotatable bonds is 10. The van der Waals surface area contributed by atoms with Crippen molar-refractivity contribution in [1.29, 1.82) is 0 Å². The molecular weight excluding hydrogens is 421 g/mol. The maximum atomic E-state index is 12.2. The molecule has 29 heavy (non-hydrogen) atoms. The molecule has 2 amide bonds. The fraction of sp³-hybridized carbons (Fsp3) is 0.333. The van der Waals surface area contributed by atoms with Crippen molar-refractivity contribution in [2.24, 2.45) is 0 Å². The molecule has 1 unspecified atom stereocenters. The summed E-state index contributed by atoms with van der Waals surface area (Å²) in [4.78, 5) is 42.0. The summed E-state index contributed by atoms with van der Waals surface area (Å²) in [6.45, 7) is 0.533. The van der Waals surface area contributed by atoms with Crippen molar-refractivity contribution in [2.75, 3.05) is 11.9 Å². The number of hydrogen-bond acceptors (Lipinski definition) is 5. The van der Waals surface area contributed by atoms with E-state index in [1.54, 1.807) is 24.5 Å². The number of benzene rings is 1. The van der Waals surface area contributed by atoms with Crippen molar-refractivity contribution in [3.8, 4) is 0 Å². The van der Waals surface area contributed by atoms with Crippen LogP contribution >= 0.6 is 23.2 Å². The predicted octanol–water partition coefficient (Wildman–Crippen LogP) is 2.70. The van der Waals surface area contributed by atoms with E-state index in [9.17, 15) is 14.4 Å². The number of nitrogens with zero attached hydrogens (tertiary/aromatic N) is 1. The van der Waals surface area contributed by atoms with Crippen molar-refractivity contribution >= 4 is 46.9 Å². The first-order valence-electron chi connectivity index (χ1n) is 8.82. The second kappa shape index (κ2) is 11.3. The number of imidazole rings is 1. The Kier molecular flexibility index (Phi) is 8.75. The van der Waals surface area contributed by atoms with Crippen LogP contribution in [0.4, 0.5) is 5.95 Å². The third kappa shape index (κ3) is 8.41. The summed E-state index contributed by atoms with van der Waals surface area (Å²) in [6, 6.07) is 4.66. The minimum atomic E-state index is -1.06. The molecule has 0 fully saturated rings. The molecule has 2 aromatic rings. The topological polar surface area (TPSA) is 136 Å². The highest BCUT2D eigenvalue weighted by atomic mass is 35.5. The van der Waals surface area contributed by atoms with Crippen LogP contribution in [-0.2, 0) is 14.4 Å². The molecule has 5 N–H and O–H groups in total. The number of amides is 2. The minimum absolute atomic E-state index is 0.150. The Labute approximate surface area is 177 Å². The van der Waals surface area contributed by atoms with Gasteiger partial charge in [-0.1, -0.05) is 23.2 Å². The number of carbonyl (C=O) groups is 3. The van der Waals surface area contributed by atoms with E-state index >= 15 is 0 Å². The van der Waals surface area contributed by atoms with Crippen LogP contribution in [0.3, 0.4) is 0 Å². The lowest BCUT2D eigenvalue weighted by molar-refractivity contribution is -0.137. The molecule has 1 aromatic heterocycles. The Morgan fingerprint density at radius 2 is 1.76 bits per heavy atom. The highest BCUT2D eigenvalue weighted by molar-refractivity contribution is 6.34. The Morgan fingerprint density at radius 3 is 2.38 bits per heavy atom. The van der Waals surface area contributed by atoms with Gasteiger partial charge in [0.2, 0.25) is 11.8 Å². The lowest BCUT2D eigenvalue weighted by Gasteiger charge is -2.16. The number of aliphatic carboxylic acids is 1. The molecule has 0 spiro atoms. The Bertz CT molecular complexity index is 825. The third-order valence-electron chi connectivity index (χ3n) is 3.92. The number of aromatic nitrogens is 2. The standard InChI is InChI=1S/C18H21Cl2N5O4/c19-13-6-11(7-14(20)10-13)12(9-17(28)29)8-16(27)25-24-15(26)2-1-3-21-18-22-4-5-23-18/h4-7,10,12H,1-3,8-9H2,(H,24,26)(H,25,27)(H,28,29)(H2,21,22,23). The van der Waals surface area contributed by atoms with E-state index in [4.69, 9.17) is 28.3 Å². The maximum Gasteiger partial charge on any atom is 0.303 e. The molecule has 0 bridgehead atoms. The molecule has 1 heterocycles. The predicted molar refractivity (Wildman–Crippen MR) is 109 cm³/mol. The van der Waals surface area contributed by atoms with Gasteiger partial charge in [0, 0.05) is 47.7 Å². The molecule has 0 aliphatic rings. The van der Waals surface area contributed by atoms with Crippen molar-refractivity contribution < 1.29 is 19.5 Å². The number of carboxylic acid groups (broad SMARTS) is 1. The molecular formula is C18H21Cl2N5O4. The molecule has 1 atom stereocenters. The lowest BCUT2D eigenvalue weighted by Crippen LogP contribution is -2.42. The molecule has 156 valence electrons. The van der Waals surface area contributed by atoms with E-state index in [2.05, 4.69) is 26.1 Å². The number of H-pyrrole nitrogens is 1. The Hall–Kier alpha value is -2.78. The van der Waals surface area contributed by atoms with Gasteiger partial charge in [0.05, 0.1) is 6.42 Å². The third-order valence-corrected chi connectivity index (χ3v) is 4.36. The molecule has 9 nitrogen and oxygen atoms in total. The zero-order chi connectivity index (χ0) is 21.2. The van der Waals surface area contributed by atoms with E-state index in [0.29, 0.717) is 34.5 Å². The van der Waals surface area contributed by atoms with Crippen LogP contribution in [0, 0.1) is 0 Å². The molecule has 0 aliphatic carbocycles. The zero-order valence-corrected chi connectivity index (χ0v) is 16.9. The largest absolute Gasteiger partial charge is 0.481 e. The van der Waals surface area contributed by atoms with Crippen molar-refractivity contribution in [1.82, 2.24) is 20.8 Å². The molecule has 0 radical (unpaired) electrons. The van der Waals surface area contributed by atoms with Gasteiger partial charge in [0.1, 0.15) is 0 Å². The summed E-state index contributed by atoms with van der Waals surface area (Å²) in [5.74, 6) is -1.97. The number of aromatic amines is 1. The van der Waals surface area contributed by atoms with E-state index in [-0.39, 0.29) is 25.2 Å². The highest BCUT2D eigenvalue weighted by Gasteiger charge is 2.20. The lowest BCUT2D eigenvalue weighted by atomic mass is 9.92. The number of halogens is 2. The molecule has 0 saturated carbocycles. The first-order chi connectivity index (χ1) is 13.8. The average Bonchev–Trinajstić information content (AvgIpc) is 3.15. The van der Waals surface area contributed by atoms with Gasteiger partial charge in [0.25, 0.3) is 0 Å². The second-order valence-corrected chi connectivity index (χ2v) is 7.14. The molecule has 0 aliphatic heterocycles. The van der Waals surface area contributed by atoms with E-state index in [0.717, 1.165) is 0 Å². The molecule has 0 saturated heterocycles. The molecule has 1 aromatic carbocycles. The van der Waals surface area contributed by atoms with Crippen LogP contribution in [0.15, 0.2) is 30.6 Å². The first kappa shape index (κ1) is 22.5. The van der Waals surface area contributed by atoms with Gasteiger partial charge >= 0.3 is 5.97 Å². The van der Waals surface area contributed by atoms with Crippen LogP contribution in [0.1, 0.15) is 37.2 Å². The number of anilines is 1.